The number of halogens is 1. The second-order valence-electron chi connectivity index (χ2n) is 10.8. The third-order valence-corrected chi connectivity index (χ3v) is 8.37. The molecule has 0 bridgehead atoms. The molecule has 3 aromatic rings. The number of allylic oxidation sites excluding steroid dienone is 1. The number of carbonyl (C=O) groups excluding carboxylic acids is 3. The maximum atomic E-state index is 13.4. The van der Waals surface area contributed by atoms with Crippen LogP contribution in [0.1, 0.15) is 53.2 Å². The van der Waals surface area contributed by atoms with Crippen LogP contribution in [0.15, 0.2) is 84.1 Å². The van der Waals surface area contributed by atoms with Crippen LogP contribution in [-0.4, -0.2) is 60.4 Å². The van der Waals surface area contributed by atoms with Crippen molar-refractivity contribution in [1.29, 1.82) is 0 Å². The highest BCUT2D eigenvalue weighted by molar-refractivity contribution is 6.30. The average molecular weight is 586 g/mol. The van der Waals surface area contributed by atoms with Crippen LogP contribution in [0, 0.1) is 6.92 Å². The van der Waals surface area contributed by atoms with Gasteiger partial charge in [0.15, 0.2) is 0 Å². The molecule has 218 valence electrons. The van der Waals surface area contributed by atoms with Crippen molar-refractivity contribution in [2.24, 2.45) is 0 Å². The van der Waals surface area contributed by atoms with Crippen molar-refractivity contribution in [1.82, 2.24) is 9.80 Å². The monoisotopic (exact) mass is 585 g/mol. The Morgan fingerprint density at radius 3 is 2.31 bits per heavy atom. The molecule has 1 fully saturated rings. The van der Waals surface area contributed by atoms with Gasteiger partial charge in [-0.1, -0.05) is 54.1 Å². The van der Waals surface area contributed by atoms with Gasteiger partial charge in [-0.25, -0.2) is 4.79 Å². The van der Waals surface area contributed by atoms with E-state index in [1.54, 1.807) is 30.9 Å². The summed E-state index contributed by atoms with van der Waals surface area (Å²) < 4.78 is 5.39. The molecule has 7 nitrogen and oxygen atoms in total. The largest absolute Gasteiger partial charge is 0.463 e. The van der Waals surface area contributed by atoms with Gasteiger partial charge in [0.05, 0.1) is 18.7 Å². The van der Waals surface area contributed by atoms with Crippen LogP contribution in [-0.2, 0) is 20.9 Å². The number of esters is 1. The summed E-state index contributed by atoms with van der Waals surface area (Å²) in [5.74, 6) is -0.944. The zero-order chi connectivity index (χ0) is 29.8. The summed E-state index contributed by atoms with van der Waals surface area (Å²) in [6.45, 7) is 9.08. The fourth-order valence-electron chi connectivity index (χ4n) is 5.87. The molecule has 2 aliphatic heterocycles. The molecule has 2 aliphatic rings. The molecule has 0 radical (unpaired) electrons. The first-order chi connectivity index (χ1) is 20.3. The Hall–Kier alpha value is -4.10. The molecule has 8 heteroatoms. The number of rotatable bonds is 7. The van der Waals surface area contributed by atoms with Crippen LogP contribution in [0.4, 0.5) is 5.69 Å². The zero-order valence-electron chi connectivity index (χ0n) is 24.3. The number of carbonyl (C=O) groups is 3. The Morgan fingerprint density at radius 1 is 0.929 bits per heavy atom. The first-order valence-corrected chi connectivity index (χ1v) is 14.8. The zero-order valence-corrected chi connectivity index (χ0v) is 25.1. The summed E-state index contributed by atoms with van der Waals surface area (Å²) in [5, 5.41) is 0.547. The fourth-order valence-corrected chi connectivity index (χ4v) is 6.07. The lowest BCUT2D eigenvalue weighted by Gasteiger charge is -2.37. The fraction of sp³-hybridized carbons (Fsp3) is 0.324. The Kier molecular flexibility index (Phi) is 8.97. The molecule has 0 spiro atoms. The molecule has 42 heavy (non-hydrogen) atoms. The Labute approximate surface area is 252 Å². The molecule has 0 N–H and O–H groups in total. The van der Waals surface area contributed by atoms with Gasteiger partial charge >= 0.3 is 5.97 Å². The number of aryl methyl sites for hydroxylation is 1. The van der Waals surface area contributed by atoms with E-state index >= 15 is 0 Å². The predicted octanol–water partition coefficient (Wildman–Crippen LogP) is 5.96. The average Bonchev–Trinajstić information content (AvgIpc) is 2.99. The van der Waals surface area contributed by atoms with Gasteiger partial charge in [0.2, 0.25) is 5.91 Å². The van der Waals surface area contributed by atoms with Crippen LogP contribution >= 0.6 is 11.6 Å². The Balaban J connectivity index is 1.29. The summed E-state index contributed by atoms with van der Waals surface area (Å²) in [7, 11) is 0. The predicted molar refractivity (Wildman–Crippen MR) is 164 cm³/mol. The third-order valence-electron chi connectivity index (χ3n) is 8.13. The SMILES string of the molecule is CCOC(=O)C1=C(C)N(Cc2ccc(C(=O)N3CCN(c4ccccc4C)CC3)cc2)C(=O)CC1c1cccc(Cl)c1. The second kappa shape index (κ2) is 12.8. The highest BCUT2D eigenvalue weighted by atomic mass is 35.5. The van der Waals surface area contributed by atoms with E-state index in [4.69, 9.17) is 16.3 Å². The number of hydrogen-bond acceptors (Lipinski definition) is 5. The minimum Gasteiger partial charge on any atom is -0.463 e. The minimum atomic E-state index is -0.433. The van der Waals surface area contributed by atoms with Gasteiger partial charge in [0, 0.05) is 60.5 Å². The van der Waals surface area contributed by atoms with Gasteiger partial charge in [-0.3, -0.25) is 9.59 Å². The van der Waals surface area contributed by atoms with Gasteiger partial charge < -0.3 is 19.4 Å². The highest BCUT2D eigenvalue weighted by Gasteiger charge is 2.37. The van der Waals surface area contributed by atoms with E-state index in [1.165, 1.54) is 11.3 Å². The lowest BCUT2D eigenvalue weighted by molar-refractivity contribution is -0.140. The molecule has 0 saturated carbocycles. The van der Waals surface area contributed by atoms with Gasteiger partial charge in [-0.15, -0.1) is 0 Å². The van der Waals surface area contributed by atoms with E-state index < -0.39 is 11.9 Å². The first kappa shape index (κ1) is 29.4. The molecular weight excluding hydrogens is 550 g/mol. The number of hydrogen-bond donors (Lipinski definition) is 0. The normalized spacial score (nSPS) is 17.5. The number of nitrogens with zero attached hydrogens (tertiary/aromatic N) is 3. The Bertz CT molecular complexity index is 1510. The van der Waals surface area contributed by atoms with Gasteiger partial charge in [0.1, 0.15) is 0 Å². The maximum Gasteiger partial charge on any atom is 0.336 e. The van der Waals surface area contributed by atoms with Crippen molar-refractivity contribution in [2.45, 2.75) is 39.7 Å². The van der Waals surface area contributed by atoms with E-state index in [1.807, 2.05) is 53.4 Å². The smallest absolute Gasteiger partial charge is 0.336 e. The molecule has 2 heterocycles. The molecule has 5 rings (SSSR count). The molecule has 2 amide bonds. The van der Waals surface area contributed by atoms with Gasteiger partial charge in [0.25, 0.3) is 5.91 Å². The molecule has 0 aliphatic carbocycles. The van der Waals surface area contributed by atoms with Crippen LogP contribution in [0.2, 0.25) is 5.02 Å². The van der Waals surface area contributed by atoms with Crippen molar-refractivity contribution in [3.05, 3.63) is 111 Å². The summed E-state index contributed by atoms with van der Waals surface area (Å²) in [5.41, 5.74) is 5.79. The summed E-state index contributed by atoms with van der Waals surface area (Å²) in [4.78, 5) is 45.6. The molecule has 1 atom stereocenters. The topological polar surface area (TPSA) is 70.2 Å². The number of piperazine rings is 1. The number of para-hydroxylation sites is 1. The lowest BCUT2D eigenvalue weighted by Crippen LogP contribution is -2.49. The van der Waals surface area contributed by atoms with Crippen molar-refractivity contribution >= 4 is 35.1 Å². The molecule has 1 unspecified atom stereocenters. The number of ether oxygens (including phenoxy) is 1. The highest BCUT2D eigenvalue weighted by Crippen LogP contribution is 2.38. The first-order valence-electron chi connectivity index (χ1n) is 14.4. The van der Waals surface area contributed by atoms with Crippen molar-refractivity contribution in [2.75, 3.05) is 37.7 Å². The molecular formula is C34H36ClN3O4. The number of anilines is 1. The van der Waals surface area contributed by atoms with E-state index in [9.17, 15) is 14.4 Å². The number of amides is 2. The van der Waals surface area contributed by atoms with E-state index in [0.29, 0.717) is 41.5 Å². The quantitative estimate of drug-likeness (QED) is 0.320. The molecule has 0 aromatic heterocycles. The Morgan fingerprint density at radius 2 is 1.64 bits per heavy atom. The standard InChI is InChI=1S/C34H36ClN3O4/c1-4-42-34(41)32-24(3)38(31(39)21-29(32)27-9-7-10-28(35)20-27)22-25-12-14-26(15-13-25)33(40)37-18-16-36(17-19-37)30-11-6-5-8-23(30)2/h5-15,20,29H,4,16-19,21-22H2,1-3H3. The van der Waals surface area contributed by atoms with E-state index in [2.05, 4.69) is 24.0 Å². The summed E-state index contributed by atoms with van der Waals surface area (Å²) >= 11 is 6.23. The maximum absolute atomic E-state index is 13.4. The van der Waals surface area contributed by atoms with Crippen molar-refractivity contribution < 1.29 is 19.1 Å². The third kappa shape index (κ3) is 6.21. The molecule has 3 aromatic carbocycles. The van der Waals surface area contributed by atoms with Crippen LogP contribution in [0.3, 0.4) is 0 Å². The van der Waals surface area contributed by atoms with Crippen LogP contribution in [0.5, 0.6) is 0 Å². The van der Waals surface area contributed by atoms with E-state index in [-0.39, 0.29) is 24.8 Å². The van der Waals surface area contributed by atoms with E-state index in [0.717, 1.165) is 24.2 Å². The second-order valence-corrected chi connectivity index (χ2v) is 11.2. The summed E-state index contributed by atoms with van der Waals surface area (Å²) in [6.07, 6.45) is 0.136. The van der Waals surface area contributed by atoms with Gasteiger partial charge in [-0.05, 0) is 67.8 Å². The number of benzene rings is 3. The lowest BCUT2D eigenvalue weighted by atomic mass is 9.83. The van der Waals surface area contributed by atoms with Crippen molar-refractivity contribution in [3.63, 3.8) is 0 Å². The minimum absolute atomic E-state index is 0.00469. The van der Waals surface area contributed by atoms with Crippen LogP contribution < -0.4 is 4.90 Å². The van der Waals surface area contributed by atoms with Gasteiger partial charge in [-0.2, -0.15) is 0 Å². The molecule has 1 saturated heterocycles. The van der Waals surface area contributed by atoms with Crippen molar-refractivity contribution in [3.8, 4) is 0 Å². The summed E-state index contributed by atoms with van der Waals surface area (Å²) in [6, 6.07) is 23.0. The van der Waals surface area contributed by atoms with Crippen LogP contribution in [0.25, 0.3) is 0 Å².